The lowest BCUT2D eigenvalue weighted by atomic mass is 9.89. The van der Waals surface area contributed by atoms with Gasteiger partial charge < -0.3 is 16.0 Å². The SMILES string of the molecule is CC(C)CC(C)(CN)NC(=O)C1CCCN(C(=O)c2ccc(Cl)cc2)C1. The van der Waals surface area contributed by atoms with Gasteiger partial charge in [-0.2, -0.15) is 0 Å². The summed E-state index contributed by atoms with van der Waals surface area (Å²) >= 11 is 5.89. The van der Waals surface area contributed by atoms with Crippen molar-refractivity contribution in [2.45, 2.75) is 45.6 Å². The molecule has 6 heteroatoms. The lowest BCUT2D eigenvalue weighted by molar-refractivity contribution is -0.128. The summed E-state index contributed by atoms with van der Waals surface area (Å²) in [4.78, 5) is 27.2. The normalized spacial score (nSPS) is 19.9. The molecule has 2 unspecified atom stereocenters. The first-order valence-electron chi connectivity index (χ1n) is 9.31. The highest BCUT2D eigenvalue weighted by atomic mass is 35.5. The van der Waals surface area contributed by atoms with E-state index in [1.807, 2.05) is 6.92 Å². The highest BCUT2D eigenvalue weighted by molar-refractivity contribution is 6.30. The second-order valence-corrected chi connectivity index (χ2v) is 8.39. The van der Waals surface area contributed by atoms with Crippen LogP contribution in [0.1, 0.15) is 50.4 Å². The van der Waals surface area contributed by atoms with Crippen LogP contribution in [0.4, 0.5) is 0 Å². The van der Waals surface area contributed by atoms with Gasteiger partial charge >= 0.3 is 0 Å². The Labute approximate surface area is 161 Å². The van der Waals surface area contributed by atoms with Gasteiger partial charge in [0.1, 0.15) is 0 Å². The molecular formula is C20H30ClN3O2. The minimum atomic E-state index is -0.409. The third-order valence-electron chi connectivity index (χ3n) is 4.90. The summed E-state index contributed by atoms with van der Waals surface area (Å²) in [6.45, 7) is 7.74. The number of nitrogens with one attached hydrogen (secondary N) is 1. The second-order valence-electron chi connectivity index (χ2n) is 7.95. The van der Waals surface area contributed by atoms with Crippen molar-refractivity contribution in [3.63, 3.8) is 0 Å². The summed E-state index contributed by atoms with van der Waals surface area (Å²) < 4.78 is 0. The number of nitrogens with zero attached hydrogens (tertiary/aromatic N) is 1. The summed E-state index contributed by atoms with van der Waals surface area (Å²) in [6.07, 6.45) is 2.44. The molecule has 1 aliphatic rings. The van der Waals surface area contributed by atoms with E-state index in [1.54, 1.807) is 29.2 Å². The molecule has 1 aromatic rings. The molecule has 0 radical (unpaired) electrons. The first-order valence-corrected chi connectivity index (χ1v) is 9.69. The van der Waals surface area contributed by atoms with Crippen LogP contribution >= 0.6 is 11.6 Å². The van der Waals surface area contributed by atoms with Crippen LogP contribution in [0.2, 0.25) is 5.02 Å². The highest BCUT2D eigenvalue weighted by Crippen LogP contribution is 2.22. The molecule has 0 saturated carbocycles. The Morgan fingerprint density at radius 3 is 2.58 bits per heavy atom. The van der Waals surface area contributed by atoms with Gasteiger partial charge in [0.15, 0.2) is 0 Å². The monoisotopic (exact) mass is 379 g/mol. The molecule has 2 atom stereocenters. The maximum atomic E-state index is 12.8. The minimum absolute atomic E-state index is 0.00722. The van der Waals surface area contributed by atoms with Crippen LogP contribution in [0, 0.1) is 11.8 Å². The zero-order valence-electron chi connectivity index (χ0n) is 15.9. The Hall–Kier alpha value is -1.59. The van der Waals surface area contributed by atoms with Crippen molar-refractivity contribution in [1.29, 1.82) is 0 Å². The average Bonchev–Trinajstić information content (AvgIpc) is 2.61. The topological polar surface area (TPSA) is 75.4 Å². The van der Waals surface area contributed by atoms with Crippen LogP contribution < -0.4 is 11.1 Å². The van der Waals surface area contributed by atoms with Crippen LogP contribution in [-0.2, 0) is 4.79 Å². The maximum absolute atomic E-state index is 12.8. The number of hydrogen-bond acceptors (Lipinski definition) is 3. The zero-order valence-corrected chi connectivity index (χ0v) is 16.7. The van der Waals surface area contributed by atoms with Gasteiger partial charge in [0.25, 0.3) is 5.91 Å². The van der Waals surface area contributed by atoms with E-state index < -0.39 is 5.54 Å². The largest absolute Gasteiger partial charge is 0.349 e. The first-order chi connectivity index (χ1) is 12.2. The number of hydrogen-bond donors (Lipinski definition) is 2. The van der Waals surface area contributed by atoms with E-state index in [4.69, 9.17) is 17.3 Å². The molecule has 1 heterocycles. The fraction of sp³-hybridized carbons (Fsp3) is 0.600. The van der Waals surface area contributed by atoms with Crippen LogP contribution in [-0.4, -0.2) is 41.9 Å². The first kappa shape index (κ1) is 20.7. The summed E-state index contributed by atoms with van der Waals surface area (Å²) in [5.41, 5.74) is 6.10. The van der Waals surface area contributed by atoms with Crippen molar-refractivity contribution in [2.75, 3.05) is 19.6 Å². The van der Waals surface area contributed by atoms with Gasteiger partial charge in [-0.1, -0.05) is 25.4 Å². The highest BCUT2D eigenvalue weighted by Gasteiger charge is 2.33. The molecule has 0 aromatic heterocycles. The Bertz CT molecular complexity index is 632. The fourth-order valence-electron chi connectivity index (χ4n) is 3.64. The Balaban J connectivity index is 2.01. The molecule has 0 spiro atoms. The number of piperidine rings is 1. The van der Waals surface area contributed by atoms with Crippen molar-refractivity contribution in [3.05, 3.63) is 34.9 Å². The van der Waals surface area contributed by atoms with Crippen molar-refractivity contribution in [3.8, 4) is 0 Å². The van der Waals surface area contributed by atoms with E-state index in [0.717, 1.165) is 19.3 Å². The van der Waals surface area contributed by atoms with Crippen LogP contribution in [0.3, 0.4) is 0 Å². The van der Waals surface area contributed by atoms with Crippen molar-refractivity contribution < 1.29 is 9.59 Å². The lowest BCUT2D eigenvalue weighted by Crippen LogP contribution is -2.55. The van der Waals surface area contributed by atoms with Crippen molar-refractivity contribution in [1.82, 2.24) is 10.2 Å². The predicted octanol–water partition coefficient (Wildman–Crippen LogP) is 3.07. The number of nitrogens with two attached hydrogens (primary N) is 1. The fourth-order valence-corrected chi connectivity index (χ4v) is 3.76. The van der Waals surface area contributed by atoms with Gasteiger partial charge in [0, 0.05) is 35.8 Å². The van der Waals surface area contributed by atoms with E-state index in [1.165, 1.54) is 0 Å². The molecule has 0 bridgehead atoms. The molecule has 1 saturated heterocycles. The Kier molecular flexibility index (Phi) is 7.07. The summed E-state index contributed by atoms with van der Waals surface area (Å²) in [6, 6.07) is 6.87. The zero-order chi connectivity index (χ0) is 19.3. The van der Waals surface area contributed by atoms with Gasteiger partial charge in [0.05, 0.1) is 5.92 Å². The van der Waals surface area contributed by atoms with E-state index >= 15 is 0 Å². The molecule has 144 valence electrons. The summed E-state index contributed by atoms with van der Waals surface area (Å²) in [5, 5.41) is 3.73. The van der Waals surface area contributed by atoms with Gasteiger partial charge in [-0.05, 0) is 56.4 Å². The number of benzene rings is 1. The Morgan fingerprint density at radius 1 is 1.35 bits per heavy atom. The smallest absolute Gasteiger partial charge is 0.253 e. The number of carbonyl (C=O) groups is 2. The number of carbonyl (C=O) groups excluding carboxylic acids is 2. The number of amides is 2. The molecule has 1 aromatic carbocycles. The molecule has 1 fully saturated rings. The van der Waals surface area contributed by atoms with Crippen LogP contribution in [0.5, 0.6) is 0 Å². The molecule has 1 aliphatic heterocycles. The molecule has 3 N–H and O–H groups in total. The van der Waals surface area contributed by atoms with Gasteiger partial charge in [-0.3, -0.25) is 9.59 Å². The number of halogens is 1. The predicted molar refractivity (Wildman–Crippen MR) is 105 cm³/mol. The molecule has 2 rings (SSSR count). The third-order valence-corrected chi connectivity index (χ3v) is 5.16. The molecule has 5 nitrogen and oxygen atoms in total. The minimum Gasteiger partial charge on any atom is -0.349 e. The standard InChI is InChI=1S/C20H30ClN3O2/c1-14(2)11-20(3,13-22)23-18(25)16-5-4-10-24(12-16)19(26)15-6-8-17(21)9-7-15/h6-9,14,16H,4-5,10-13,22H2,1-3H3,(H,23,25). The van der Waals surface area contributed by atoms with Crippen molar-refractivity contribution in [2.24, 2.45) is 17.6 Å². The lowest BCUT2D eigenvalue weighted by Gasteiger charge is -2.36. The number of likely N-dealkylation sites (tertiary alicyclic amines) is 1. The third kappa shape index (κ3) is 5.45. The Morgan fingerprint density at radius 2 is 2.00 bits per heavy atom. The van der Waals surface area contributed by atoms with Crippen molar-refractivity contribution >= 4 is 23.4 Å². The van der Waals surface area contributed by atoms with Gasteiger partial charge in [-0.15, -0.1) is 0 Å². The van der Waals surface area contributed by atoms with Crippen LogP contribution in [0.25, 0.3) is 0 Å². The molecular weight excluding hydrogens is 350 g/mol. The molecule has 0 aliphatic carbocycles. The number of rotatable bonds is 6. The average molecular weight is 380 g/mol. The van der Waals surface area contributed by atoms with Gasteiger partial charge in [-0.25, -0.2) is 0 Å². The van der Waals surface area contributed by atoms with E-state index in [0.29, 0.717) is 36.1 Å². The van der Waals surface area contributed by atoms with E-state index in [9.17, 15) is 9.59 Å². The molecule has 26 heavy (non-hydrogen) atoms. The maximum Gasteiger partial charge on any atom is 0.253 e. The quantitative estimate of drug-likeness (QED) is 0.797. The van der Waals surface area contributed by atoms with E-state index in [-0.39, 0.29) is 17.7 Å². The second kappa shape index (κ2) is 8.87. The van der Waals surface area contributed by atoms with Crippen LogP contribution in [0.15, 0.2) is 24.3 Å². The van der Waals surface area contributed by atoms with E-state index in [2.05, 4.69) is 19.2 Å². The van der Waals surface area contributed by atoms with Gasteiger partial charge in [0.2, 0.25) is 5.91 Å². The summed E-state index contributed by atoms with van der Waals surface area (Å²) in [7, 11) is 0. The molecule has 2 amide bonds. The summed E-state index contributed by atoms with van der Waals surface area (Å²) in [5.74, 6) is 0.186.